The quantitative estimate of drug-likeness (QED) is 0.271. The summed E-state index contributed by atoms with van der Waals surface area (Å²) >= 11 is 0. The molecule has 4 nitrogen and oxygen atoms in total. The highest BCUT2D eigenvalue weighted by atomic mass is 15.4. The predicted molar refractivity (Wildman–Crippen MR) is 35.1 cm³/mol. The highest BCUT2D eigenvalue weighted by molar-refractivity contribution is 5.83. The van der Waals surface area contributed by atoms with Crippen LogP contribution in [0.4, 0.5) is 0 Å². The van der Waals surface area contributed by atoms with Gasteiger partial charge in [-0.05, 0) is 6.72 Å². The molecule has 0 heterocycles. The van der Waals surface area contributed by atoms with Crippen LogP contribution in [0.1, 0.15) is 0 Å². The molecule has 0 rings (SSSR count). The smallest absolute Gasteiger partial charge is 0.231 e. The lowest BCUT2D eigenvalue weighted by atomic mass is 11.0. The summed E-state index contributed by atoms with van der Waals surface area (Å²) in [6.07, 6.45) is 0. The van der Waals surface area contributed by atoms with Crippen LogP contribution in [0.15, 0.2) is 9.98 Å². The number of hydrogen-bond donors (Lipinski definition) is 2. The fourth-order valence-electron chi connectivity index (χ4n) is 0.278. The molecule has 0 aromatic carbocycles. The van der Waals surface area contributed by atoms with Crippen LogP contribution >= 0.6 is 0 Å². The molecule has 0 aromatic rings. The maximum atomic E-state index is 3.71. The molecule has 0 bridgehead atoms. The molecule has 0 amide bonds. The van der Waals surface area contributed by atoms with Gasteiger partial charge in [0, 0.05) is 14.1 Å². The van der Waals surface area contributed by atoms with Crippen molar-refractivity contribution in [3.05, 3.63) is 0 Å². The lowest BCUT2D eigenvalue weighted by molar-refractivity contribution is 0.761. The van der Waals surface area contributed by atoms with Crippen molar-refractivity contribution in [3.8, 4) is 0 Å². The van der Waals surface area contributed by atoms with Gasteiger partial charge in [0.05, 0.1) is 0 Å². The summed E-state index contributed by atoms with van der Waals surface area (Å²) in [5.74, 6) is 0.493. The molecule has 0 saturated carbocycles. The van der Waals surface area contributed by atoms with Gasteiger partial charge in [0.15, 0.2) is 0 Å². The van der Waals surface area contributed by atoms with E-state index in [1.54, 1.807) is 14.1 Å². The lowest BCUT2D eigenvalue weighted by Gasteiger charge is -1.98. The molecule has 0 aliphatic heterocycles. The fraction of sp³-hybridized carbons (Fsp3) is 0.500. The van der Waals surface area contributed by atoms with Crippen molar-refractivity contribution in [2.24, 2.45) is 9.98 Å². The van der Waals surface area contributed by atoms with Gasteiger partial charge in [-0.25, -0.2) is 10.4 Å². The third kappa shape index (κ3) is 2.30. The van der Waals surface area contributed by atoms with Crippen LogP contribution < -0.4 is 10.9 Å². The maximum Gasteiger partial charge on any atom is 0.231 e. The van der Waals surface area contributed by atoms with Crippen LogP contribution in [-0.4, -0.2) is 26.8 Å². The maximum absolute atomic E-state index is 3.71. The second-order valence-corrected chi connectivity index (χ2v) is 1.08. The molecule has 0 aliphatic carbocycles. The van der Waals surface area contributed by atoms with E-state index in [0.29, 0.717) is 5.96 Å². The third-order valence-electron chi connectivity index (χ3n) is 0.598. The van der Waals surface area contributed by atoms with E-state index >= 15 is 0 Å². The Morgan fingerprint density at radius 3 is 2.38 bits per heavy atom. The Bertz CT molecular complexity index is 96.2. The summed E-state index contributed by atoms with van der Waals surface area (Å²) in [5.41, 5.74) is 5.31. The first-order valence-electron chi connectivity index (χ1n) is 2.21. The molecule has 8 heavy (non-hydrogen) atoms. The number of hydrogen-bond acceptors (Lipinski definition) is 2. The monoisotopic (exact) mass is 114 g/mol. The summed E-state index contributed by atoms with van der Waals surface area (Å²) in [7, 11) is 3.37. The number of guanidine groups is 1. The molecule has 0 fully saturated rings. The number of nitrogens with one attached hydrogen (secondary N) is 2. The summed E-state index contributed by atoms with van der Waals surface area (Å²) in [5, 5.41) is 0. The lowest BCUT2D eigenvalue weighted by Crippen LogP contribution is -2.32. The normalized spacial score (nSPS) is 11.0. The minimum atomic E-state index is 0.493. The summed E-state index contributed by atoms with van der Waals surface area (Å²) in [6, 6.07) is 0. The first kappa shape index (κ1) is 7.10. The van der Waals surface area contributed by atoms with Crippen molar-refractivity contribution in [1.82, 2.24) is 10.9 Å². The van der Waals surface area contributed by atoms with Crippen molar-refractivity contribution < 1.29 is 0 Å². The molecule has 4 heteroatoms. The highest BCUT2D eigenvalue weighted by Gasteiger charge is 1.82. The molecule has 46 valence electrons. The zero-order chi connectivity index (χ0) is 6.41. The molecule has 0 radical (unpaired) electrons. The summed E-state index contributed by atoms with van der Waals surface area (Å²) in [6.45, 7) is 3.27. The highest BCUT2D eigenvalue weighted by Crippen LogP contribution is 1.65. The average molecular weight is 114 g/mol. The summed E-state index contributed by atoms with van der Waals surface area (Å²) < 4.78 is 0. The van der Waals surface area contributed by atoms with Crippen molar-refractivity contribution in [2.45, 2.75) is 0 Å². The van der Waals surface area contributed by atoms with Crippen LogP contribution in [0.3, 0.4) is 0 Å². The second kappa shape index (κ2) is 4.26. The van der Waals surface area contributed by atoms with Gasteiger partial charge in [0.25, 0.3) is 0 Å². The number of aliphatic imine (C=N–C) groups is 2. The van der Waals surface area contributed by atoms with Gasteiger partial charge in [-0.15, -0.1) is 0 Å². The third-order valence-corrected chi connectivity index (χ3v) is 0.598. The molecule has 0 saturated heterocycles. The predicted octanol–water partition coefficient (Wildman–Crippen LogP) is -0.603. The molecular formula is C4H10N4. The number of rotatable bonds is 1. The first-order chi connectivity index (χ1) is 3.85. The average Bonchev–Trinajstić information content (AvgIpc) is 1.83. The van der Waals surface area contributed by atoms with Crippen molar-refractivity contribution >= 4 is 12.7 Å². The van der Waals surface area contributed by atoms with Crippen LogP contribution in [0.25, 0.3) is 0 Å². The molecule has 0 spiro atoms. The number of hydrazine groups is 1. The number of nitrogens with zero attached hydrogens (tertiary/aromatic N) is 2. The van der Waals surface area contributed by atoms with Gasteiger partial charge in [-0.2, -0.15) is 0 Å². The topological polar surface area (TPSA) is 48.8 Å². The van der Waals surface area contributed by atoms with Crippen molar-refractivity contribution in [2.75, 3.05) is 14.1 Å². The van der Waals surface area contributed by atoms with E-state index in [0.717, 1.165) is 0 Å². The van der Waals surface area contributed by atoms with Crippen LogP contribution in [-0.2, 0) is 0 Å². The second-order valence-electron chi connectivity index (χ2n) is 1.08. The van der Waals surface area contributed by atoms with Gasteiger partial charge in [0.1, 0.15) is 0 Å². The van der Waals surface area contributed by atoms with E-state index in [4.69, 9.17) is 0 Å². The van der Waals surface area contributed by atoms with Crippen LogP contribution in [0.2, 0.25) is 0 Å². The summed E-state index contributed by atoms with van der Waals surface area (Å²) in [4.78, 5) is 7.23. The van der Waals surface area contributed by atoms with E-state index in [1.807, 2.05) is 0 Å². The molecule has 0 aromatic heterocycles. The Labute approximate surface area is 48.7 Å². The van der Waals surface area contributed by atoms with Gasteiger partial charge in [-0.1, -0.05) is 0 Å². The van der Waals surface area contributed by atoms with Crippen molar-refractivity contribution in [3.63, 3.8) is 0 Å². The standard InChI is InChI=1S/C4H10N4/c1-5-4(6-2)8-7-3/h7H,1H2,2-3H3,(H,6,8). The van der Waals surface area contributed by atoms with Crippen LogP contribution in [0, 0.1) is 0 Å². The van der Waals surface area contributed by atoms with E-state index < -0.39 is 0 Å². The first-order valence-corrected chi connectivity index (χ1v) is 2.21. The van der Waals surface area contributed by atoms with E-state index in [-0.39, 0.29) is 0 Å². The Morgan fingerprint density at radius 2 is 2.25 bits per heavy atom. The Balaban J connectivity index is 3.54. The Hall–Kier alpha value is -0.900. The van der Waals surface area contributed by atoms with Gasteiger partial charge in [-0.3, -0.25) is 10.4 Å². The SMILES string of the molecule is C=NC(=NC)NNC. The van der Waals surface area contributed by atoms with Gasteiger partial charge in [0.2, 0.25) is 5.96 Å². The molecule has 2 N–H and O–H groups in total. The zero-order valence-electron chi connectivity index (χ0n) is 5.10. The zero-order valence-corrected chi connectivity index (χ0v) is 5.10. The van der Waals surface area contributed by atoms with Gasteiger partial charge >= 0.3 is 0 Å². The Kier molecular flexibility index (Phi) is 3.78. The van der Waals surface area contributed by atoms with Gasteiger partial charge < -0.3 is 0 Å². The fourth-order valence-corrected chi connectivity index (χ4v) is 0.278. The molecule has 0 atom stereocenters. The largest absolute Gasteiger partial charge is 0.290 e. The minimum absolute atomic E-state index is 0.493. The minimum Gasteiger partial charge on any atom is -0.290 e. The molecule has 0 unspecified atom stereocenters. The molecule has 0 aliphatic rings. The van der Waals surface area contributed by atoms with Crippen molar-refractivity contribution in [1.29, 1.82) is 0 Å². The van der Waals surface area contributed by atoms with E-state index in [9.17, 15) is 0 Å². The Morgan fingerprint density at radius 1 is 1.62 bits per heavy atom. The molecular weight excluding hydrogens is 104 g/mol. The van der Waals surface area contributed by atoms with Crippen LogP contribution in [0.5, 0.6) is 0 Å². The van der Waals surface area contributed by atoms with E-state index in [2.05, 4.69) is 27.6 Å². The van der Waals surface area contributed by atoms with E-state index in [1.165, 1.54) is 0 Å².